The number of rotatable bonds is 2. The predicted molar refractivity (Wildman–Crippen MR) is 84.5 cm³/mol. The van der Waals surface area contributed by atoms with Crippen LogP contribution in [0, 0.1) is 3.57 Å². The highest BCUT2D eigenvalue weighted by atomic mass is 127. The molecule has 0 saturated carbocycles. The van der Waals surface area contributed by atoms with Crippen LogP contribution >= 0.6 is 45.8 Å². The number of pyridine rings is 1. The normalized spacial score (nSPS) is 10.7. The average Bonchev–Trinajstić information content (AvgIpc) is 2.33. The van der Waals surface area contributed by atoms with Gasteiger partial charge in [-0.15, -0.1) is 0 Å². The third-order valence-corrected chi connectivity index (χ3v) is 4.02. The van der Waals surface area contributed by atoms with Crippen molar-refractivity contribution in [3.8, 4) is 11.3 Å². The van der Waals surface area contributed by atoms with Crippen molar-refractivity contribution in [3.05, 3.63) is 54.3 Å². The average molecular weight is 394 g/mol. The fraction of sp³-hybridized carbons (Fsp3) is 0.154. The van der Waals surface area contributed by atoms with E-state index in [1.165, 1.54) is 0 Å². The van der Waals surface area contributed by atoms with Gasteiger partial charge in [0.15, 0.2) is 0 Å². The highest BCUT2D eigenvalue weighted by Gasteiger charge is 2.11. The first kappa shape index (κ1) is 13.9. The molecule has 2 aromatic rings. The molecular formula is C13H10Cl2INO. The molecule has 1 heterocycles. The van der Waals surface area contributed by atoms with Crippen molar-refractivity contribution >= 4 is 45.8 Å². The Balaban J connectivity index is 2.71. The summed E-state index contributed by atoms with van der Waals surface area (Å²) >= 11 is 14.1. The number of halogens is 3. The smallest absolute Gasteiger partial charge is 0.264 e. The van der Waals surface area contributed by atoms with Crippen LogP contribution < -0.4 is 5.56 Å². The van der Waals surface area contributed by atoms with E-state index in [0.29, 0.717) is 20.2 Å². The summed E-state index contributed by atoms with van der Waals surface area (Å²) in [4.78, 5) is 12.1. The van der Waals surface area contributed by atoms with Gasteiger partial charge in [-0.2, -0.15) is 0 Å². The maximum absolute atomic E-state index is 12.1. The minimum Gasteiger partial charge on any atom is -0.308 e. The molecule has 2 rings (SSSR count). The molecule has 0 spiro atoms. The molecule has 0 aliphatic carbocycles. The molecule has 0 atom stereocenters. The third kappa shape index (κ3) is 2.58. The summed E-state index contributed by atoms with van der Waals surface area (Å²) in [5.74, 6) is 0. The summed E-state index contributed by atoms with van der Waals surface area (Å²) in [6, 6.07) is 8.99. The molecule has 0 aliphatic rings. The first-order valence-corrected chi connectivity index (χ1v) is 7.23. The van der Waals surface area contributed by atoms with Gasteiger partial charge in [0.25, 0.3) is 5.56 Å². The van der Waals surface area contributed by atoms with Crippen LogP contribution in [0.15, 0.2) is 35.1 Å². The van der Waals surface area contributed by atoms with Crippen molar-refractivity contribution in [2.24, 2.45) is 0 Å². The molecule has 1 aromatic heterocycles. The van der Waals surface area contributed by atoms with Gasteiger partial charge in [-0.1, -0.05) is 23.2 Å². The number of hydrogen-bond acceptors (Lipinski definition) is 1. The van der Waals surface area contributed by atoms with E-state index in [-0.39, 0.29) is 5.56 Å². The first-order chi connectivity index (χ1) is 8.54. The minimum absolute atomic E-state index is 0.00150. The van der Waals surface area contributed by atoms with E-state index in [1.807, 2.05) is 41.6 Å². The van der Waals surface area contributed by atoms with Crippen LogP contribution in [-0.4, -0.2) is 4.57 Å². The second-order valence-electron chi connectivity index (χ2n) is 3.74. The van der Waals surface area contributed by atoms with Crippen LogP contribution in [0.5, 0.6) is 0 Å². The second kappa shape index (κ2) is 5.63. The van der Waals surface area contributed by atoms with E-state index in [1.54, 1.807) is 22.8 Å². The van der Waals surface area contributed by atoms with Crippen LogP contribution in [0.2, 0.25) is 10.0 Å². The van der Waals surface area contributed by atoms with Gasteiger partial charge in [0.2, 0.25) is 0 Å². The van der Waals surface area contributed by atoms with Crippen LogP contribution in [0.4, 0.5) is 0 Å². The van der Waals surface area contributed by atoms with Crippen molar-refractivity contribution < 1.29 is 0 Å². The summed E-state index contributed by atoms with van der Waals surface area (Å²) in [7, 11) is 0. The maximum atomic E-state index is 12.1. The van der Waals surface area contributed by atoms with E-state index in [0.717, 1.165) is 11.3 Å². The lowest BCUT2D eigenvalue weighted by Crippen LogP contribution is -2.22. The van der Waals surface area contributed by atoms with Gasteiger partial charge in [0, 0.05) is 17.1 Å². The molecule has 94 valence electrons. The van der Waals surface area contributed by atoms with Gasteiger partial charge in [0.05, 0.1) is 14.3 Å². The number of benzene rings is 1. The molecule has 0 N–H and O–H groups in total. The van der Waals surface area contributed by atoms with E-state index < -0.39 is 0 Å². The quantitative estimate of drug-likeness (QED) is 0.691. The summed E-state index contributed by atoms with van der Waals surface area (Å²) in [6.45, 7) is 2.54. The highest BCUT2D eigenvalue weighted by molar-refractivity contribution is 14.1. The molecule has 18 heavy (non-hydrogen) atoms. The molecule has 0 fully saturated rings. The molecule has 0 aliphatic heterocycles. The Morgan fingerprint density at radius 1 is 1.22 bits per heavy atom. The molecule has 5 heteroatoms. The van der Waals surface area contributed by atoms with Crippen LogP contribution in [0.3, 0.4) is 0 Å². The van der Waals surface area contributed by atoms with Crippen molar-refractivity contribution in [1.82, 2.24) is 4.57 Å². The molecule has 0 unspecified atom stereocenters. The number of hydrogen-bond donors (Lipinski definition) is 0. The topological polar surface area (TPSA) is 22.0 Å². The lowest BCUT2D eigenvalue weighted by atomic mass is 10.1. The zero-order valence-corrected chi connectivity index (χ0v) is 13.3. The predicted octanol–water partition coefficient (Wildman–Crippen LogP) is 4.45. The molecule has 0 saturated heterocycles. The van der Waals surface area contributed by atoms with Crippen LogP contribution in [0.25, 0.3) is 11.3 Å². The van der Waals surface area contributed by atoms with Gasteiger partial charge in [-0.25, -0.2) is 0 Å². The minimum atomic E-state index is 0.00150. The van der Waals surface area contributed by atoms with Crippen molar-refractivity contribution in [3.63, 3.8) is 0 Å². The summed E-state index contributed by atoms with van der Waals surface area (Å²) in [5, 5.41) is 1.13. The van der Waals surface area contributed by atoms with E-state index in [9.17, 15) is 4.79 Å². The first-order valence-electron chi connectivity index (χ1n) is 5.39. The summed E-state index contributed by atoms with van der Waals surface area (Å²) < 4.78 is 2.40. The zero-order valence-electron chi connectivity index (χ0n) is 9.58. The Labute approximate surface area is 129 Å². The maximum Gasteiger partial charge on any atom is 0.264 e. The lowest BCUT2D eigenvalue weighted by molar-refractivity contribution is 0.731. The van der Waals surface area contributed by atoms with Crippen LogP contribution in [0.1, 0.15) is 6.92 Å². The standard InChI is InChI=1S/C13H10Cl2INO/c1-2-17-12(6-5-11(16)13(17)18)9-4-3-8(14)7-10(9)15/h3-7H,2H2,1H3. The van der Waals surface area contributed by atoms with Crippen molar-refractivity contribution in [2.45, 2.75) is 13.5 Å². The molecule has 0 amide bonds. The summed E-state index contributed by atoms with van der Waals surface area (Å²) in [5.41, 5.74) is 1.63. The molecular weight excluding hydrogens is 384 g/mol. The molecule has 0 bridgehead atoms. The fourth-order valence-corrected chi connectivity index (χ4v) is 2.77. The van der Waals surface area contributed by atoms with Crippen molar-refractivity contribution in [2.75, 3.05) is 0 Å². The zero-order chi connectivity index (χ0) is 13.3. The fourth-order valence-electron chi connectivity index (χ4n) is 1.80. The second-order valence-corrected chi connectivity index (χ2v) is 5.75. The van der Waals surface area contributed by atoms with E-state index >= 15 is 0 Å². The van der Waals surface area contributed by atoms with Gasteiger partial charge in [-0.3, -0.25) is 4.79 Å². The molecule has 2 nitrogen and oxygen atoms in total. The number of nitrogens with zero attached hydrogens (tertiary/aromatic N) is 1. The van der Waals surface area contributed by atoms with E-state index in [4.69, 9.17) is 23.2 Å². The monoisotopic (exact) mass is 393 g/mol. The Bertz CT molecular complexity index is 652. The Kier molecular flexibility index (Phi) is 4.35. The van der Waals surface area contributed by atoms with Crippen molar-refractivity contribution in [1.29, 1.82) is 0 Å². The Hall–Kier alpha value is -0.520. The SMILES string of the molecule is CCn1c(-c2ccc(Cl)cc2Cl)ccc(I)c1=O. The largest absolute Gasteiger partial charge is 0.308 e. The lowest BCUT2D eigenvalue weighted by Gasteiger charge is -2.13. The van der Waals surface area contributed by atoms with Crippen LogP contribution in [-0.2, 0) is 6.54 Å². The highest BCUT2D eigenvalue weighted by Crippen LogP contribution is 2.29. The Morgan fingerprint density at radius 3 is 2.56 bits per heavy atom. The van der Waals surface area contributed by atoms with Gasteiger partial charge >= 0.3 is 0 Å². The number of aromatic nitrogens is 1. The third-order valence-electron chi connectivity index (χ3n) is 2.65. The molecule has 0 radical (unpaired) electrons. The Morgan fingerprint density at radius 2 is 1.94 bits per heavy atom. The van der Waals surface area contributed by atoms with E-state index in [2.05, 4.69) is 0 Å². The molecule has 1 aromatic carbocycles. The van der Waals surface area contributed by atoms with Gasteiger partial charge < -0.3 is 4.57 Å². The summed E-state index contributed by atoms with van der Waals surface area (Å²) in [6.07, 6.45) is 0. The van der Waals surface area contributed by atoms with Gasteiger partial charge in [0.1, 0.15) is 0 Å². The van der Waals surface area contributed by atoms with Gasteiger partial charge in [-0.05, 0) is 59.8 Å².